The van der Waals surface area contributed by atoms with E-state index in [1.807, 2.05) is 24.3 Å². The van der Waals surface area contributed by atoms with Crippen LogP contribution < -0.4 is 10.5 Å². The molecule has 2 N–H and O–H groups in total. The largest absolute Gasteiger partial charge is 0.490 e. The number of benzene rings is 2. The molecule has 2 aromatic carbocycles. The summed E-state index contributed by atoms with van der Waals surface area (Å²) in [6.07, 6.45) is 0. The van der Waals surface area contributed by atoms with Crippen LogP contribution in [0.25, 0.3) is 0 Å². The van der Waals surface area contributed by atoms with Crippen LogP contribution in [0.5, 0.6) is 5.75 Å². The van der Waals surface area contributed by atoms with Gasteiger partial charge in [0.1, 0.15) is 18.2 Å². The summed E-state index contributed by atoms with van der Waals surface area (Å²) < 4.78 is 19.3. The Morgan fingerprint density at radius 2 is 1.78 bits per heavy atom. The predicted molar refractivity (Wildman–Crippen MR) is 73.0 cm³/mol. The lowest BCUT2D eigenvalue weighted by atomic mass is 10.1. The van der Waals surface area contributed by atoms with Crippen molar-refractivity contribution >= 4 is 15.9 Å². The molecule has 0 heterocycles. The van der Waals surface area contributed by atoms with Gasteiger partial charge in [0.15, 0.2) is 0 Å². The third-order valence-electron chi connectivity index (χ3n) is 2.55. The van der Waals surface area contributed by atoms with Crippen LogP contribution in [0.15, 0.2) is 53.0 Å². The van der Waals surface area contributed by atoms with E-state index in [4.69, 9.17) is 10.5 Å². The fraction of sp³-hybridized carbons (Fsp3) is 0.143. The van der Waals surface area contributed by atoms with Gasteiger partial charge in [-0.3, -0.25) is 0 Å². The fourth-order valence-electron chi connectivity index (χ4n) is 1.55. The number of rotatable bonds is 4. The maximum absolute atomic E-state index is 12.8. The number of hydrogen-bond acceptors (Lipinski definition) is 2. The predicted octanol–water partition coefficient (Wildman–Crippen LogP) is 3.67. The minimum Gasteiger partial charge on any atom is -0.490 e. The van der Waals surface area contributed by atoms with Crippen molar-refractivity contribution < 1.29 is 9.13 Å². The molecule has 0 spiro atoms. The molecule has 0 aliphatic heterocycles. The second kappa shape index (κ2) is 5.98. The minimum absolute atomic E-state index is 0.266. The molecule has 0 saturated carbocycles. The highest BCUT2D eigenvalue weighted by atomic mass is 79.9. The van der Waals surface area contributed by atoms with Crippen LogP contribution in [-0.2, 0) is 0 Å². The fourth-order valence-corrected chi connectivity index (χ4v) is 1.95. The molecular formula is C14H13BrFNO. The van der Waals surface area contributed by atoms with E-state index in [0.717, 1.165) is 15.8 Å². The normalized spacial score (nSPS) is 12.2. The zero-order valence-electron chi connectivity index (χ0n) is 9.64. The van der Waals surface area contributed by atoms with Gasteiger partial charge in [-0.1, -0.05) is 24.3 Å². The summed E-state index contributed by atoms with van der Waals surface area (Å²) in [6, 6.07) is 13.4. The number of hydrogen-bond donors (Lipinski definition) is 1. The Bertz CT molecular complexity index is 515. The minimum atomic E-state index is -0.280. The van der Waals surface area contributed by atoms with Crippen molar-refractivity contribution in [2.75, 3.05) is 6.61 Å². The van der Waals surface area contributed by atoms with Crippen molar-refractivity contribution in [1.82, 2.24) is 0 Å². The van der Waals surface area contributed by atoms with E-state index in [2.05, 4.69) is 15.9 Å². The van der Waals surface area contributed by atoms with Crippen LogP contribution in [0.4, 0.5) is 4.39 Å². The maximum atomic E-state index is 12.8. The van der Waals surface area contributed by atoms with Crippen molar-refractivity contribution in [3.8, 4) is 5.75 Å². The molecule has 0 aliphatic rings. The van der Waals surface area contributed by atoms with Crippen LogP contribution in [0.3, 0.4) is 0 Å². The molecule has 0 radical (unpaired) electrons. The van der Waals surface area contributed by atoms with E-state index in [-0.39, 0.29) is 11.9 Å². The van der Waals surface area contributed by atoms with Crippen LogP contribution in [0, 0.1) is 5.82 Å². The highest BCUT2D eigenvalue weighted by molar-refractivity contribution is 9.10. The molecule has 4 heteroatoms. The summed E-state index contributed by atoms with van der Waals surface area (Å²) in [7, 11) is 0. The Morgan fingerprint density at radius 1 is 1.11 bits per heavy atom. The molecule has 1 unspecified atom stereocenters. The summed E-state index contributed by atoms with van der Waals surface area (Å²) in [6.45, 7) is 0.342. The van der Waals surface area contributed by atoms with E-state index in [1.165, 1.54) is 12.1 Å². The number of halogens is 2. The quantitative estimate of drug-likeness (QED) is 0.935. The molecule has 0 aliphatic carbocycles. The SMILES string of the molecule is NC(COc1ccccc1Br)c1ccc(F)cc1. The zero-order chi connectivity index (χ0) is 13.0. The Kier molecular flexibility index (Phi) is 4.33. The molecular weight excluding hydrogens is 297 g/mol. The van der Waals surface area contributed by atoms with Gasteiger partial charge < -0.3 is 10.5 Å². The van der Waals surface area contributed by atoms with Crippen molar-refractivity contribution in [2.24, 2.45) is 5.73 Å². The molecule has 0 aromatic heterocycles. The molecule has 2 nitrogen and oxygen atoms in total. The average Bonchev–Trinajstić information content (AvgIpc) is 2.38. The van der Waals surface area contributed by atoms with Gasteiger partial charge >= 0.3 is 0 Å². The molecule has 0 saturated heterocycles. The molecule has 0 amide bonds. The summed E-state index contributed by atoms with van der Waals surface area (Å²) >= 11 is 3.40. The molecule has 0 bridgehead atoms. The van der Waals surface area contributed by atoms with Crippen molar-refractivity contribution in [3.05, 3.63) is 64.4 Å². The van der Waals surface area contributed by atoms with Gasteiger partial charge in [-0.05, 0) is 45.8 Å². The van der Waals surface area contributed by atoms with Crippen LogP contribution in [-0.4, -0.2) is 6.61 Å². The summed E-state index contributed by atoms with van der Waals surface area (Å²) in [5.74, 6) is 0.479. The first-order chi connectivity index (χ1) is 8.66. The second-order valence-corrected chi connectivity index (χ2v) is 4.75. The van der Waals surface area contributed by atoms with E-state index < -0.39 is 0 Å². The van der Waals surface area contributed by atoms with Gasteiger partial charge in [-0.25, -0.2) is 4.39 Å². The van der Waals surface area contributed by atoms with Gasteiger partial charge in [0.05, 0.1) is 10.5 Å². The van der Waals surface area contributed by atoms with E-state index in [0.29, 0.717) is 6.61 Å². The topological polar surface area (TPSA) is 35.2 Å². The van der Waals surface area contributed by atoms with Crippen LogP contribution in [0.2, 0.25) is 0 Å². The van der Waals surface area contributed by atoms with Crippen molar-refractivity contribution in [1.29, 1.82) is 0 Å². The lowest BCUT2D eigenvalue weighted by molar-refractivity contribution is 0.289. The Balaban J connectivity index is 1.98. The highest BCUT2D eigenvalue weighted by Crippen LogP contribution is 2.24. The number of para-hydroxylation sites is 1. The molecule has 94 valence electrons. The second-order valence-electron chi connectivity index (χ2n) is 3.90. The molecule has 1 atom stereocenters. The first kappa shape index (κ1) is 13.1. The summed E-state index contributed by atoms with van der Waals surface area (Å²) in [5.41, 5.74) is 6.83. The highest BCUT2D eigenvalue weighted by Gasteiger charge is 2.08. The van der Waals surface area contributed by atoms with Gasteiger partial charge in [-0.2, -0.15) is 0 Å². The van der Waals surface area contributed by atoms with Crippen molar-refractivity contribution in [3.63, 3.8) is 0 Å². The maximum Gasteiger partial charge on any atom is 0.133 e. The molecule has 2 rings (SSSR count). The molecule has 2 aromatic rings. The first-order valence-electron chi connectivity index (χ1n) is 5.55. The molecule has 18 heavy (non-hydrogen) atoms. The third kappa shape index (κ3) is 3.31. The lowest BCUT2D eigenvalue weighted by Crippen LogP contribution is -2.19. The van der Waals surface area contributed by atoms with E-state index in [9.17, 15) is 4.39 Å². The smallest absolute Gasteiger partial charge is 0.133 e. The average molecular weight is 310 g/mol. The van der Waals surface area contributed by atoms with Gasteiger partial charge in [0.2, 0.25) is 0 Å². The van der Waals surface area contributed by atoms with Gasteiger partial charge in [0.25, 0.3) is 0 Å². The summed E-state index contributed by atoms with van der Waals surface area (Å²) in [4.78, 5) is 0. The Morgan fingerprint density at radius 3 is 2.44 bits per heavy atom. The monoisotopic (exact) mass is 309 g/mol. The lowest BCUT2D eigenvalue weighted by Gasteiger charge is -2.14. The number of nitrogens with two attached hydrogens (primary N) is 1. The number of ether oxygens (including phenoxy) is 1. The van der Waals surface area contributed by atoms with Crippen molar-refractivity contribution in [2.45, 2.75) is 6.04 Å². The Hall–Kier alpha value is -1.39. The first-order valence-corrected chi connectivity index (χ1v) is 6.34. The standard InChI is InChI=1S/C14H13BrFNO/c15-12-3-1-2-4-14(12)18-9-13(17)10-5-7-11(16)8-6-10/h1-8,13H,9,17H2. The summed E-state index contributed by atoms with van der Waals surface area (Å²) in [5, 5.41) is 0. The zero-order valence-corrected chi connectivity index (χ0v) is 11.2. The Labute approximate surface area is 114 Å². The van der Waals surface area contributed by atoms with Gasteiger partial charge in [0, 0.05) is 0 Å². The third-order valence-corrected chi connectivity index (χ3v) is 3.21. The molecule has 0 fully saturated rings. The van der Waals surface area contributed by atoms with E-state index >= 15 is 0 Å². The van der Waals surface area contributed by atoms with Gasteiger partial charge in [-0.15, -0.1) is 0 Å². The van der Waals surface area contributed by atoms with Crippen LogP contribution >= 0.6 is 15.9 Å². The van der Waals surface area contributed by atoms with E-state index in [1.54, 1.807) is 12.1 Å². The van der Waals surface area contributed by atoms with Crippen LogP contribution in [0.1, 0.15) is 11.6 Å².